The fourth-order valence-corrected chi connectivity index (χ4v) is 3.30. The average molecular weight is 505 g/mol. The van der Waals surface area contributed by atoms with Gasteiger partial charge in [-0.15, -0.1) is 0 Å². The third-order valence-electron chi connectivity index (χ3n) is 5.12. The first-order valence-electron chi connectivity index (χ1n) is 10.5. The van der Waals surface area contributed by atoms with Gasteiger partial charge in [0.05, 0.1) is 23.4 Å². The quantitative estimate of drug-likeness (QED) is 0.496. The summed E-state index contributed by atoms with van der Waals surface area (Å²) in [5, 5.41) is 20.4. The fraction of sp³-hybridized carbons (Fsp3) is 0.261. The lowest BCUT2D eigenvalue weighted by Crippen LogP contribution is -2.33. The number of para-hydroxylation sites is 1. The van der Waals surface area contributed by atoms with Gasteiger partial charge in [0.1, 0.15) is 18.1 Å². The van der Waals surface area contributed by atoms with Crippen LogP contribution < -0.4 is 10.1 Å². The molecule has 3 N–H and O–H groups in total. The molecule has 190 valence electrons. The molecule has 1 aliphatic rings. The maximum atomic E-state index is 12.9. The molecule has 0 saturated heterocycles. The van der Waals surface area contributed by atoms with Crippen molar-refractivity contribution in [3.63, 3.8) is 0 Å². The lowest BCUT2D eigenvalue weighted by molar-refractivity contribution is -0.192. The number of hydrogen-bond acceptors (Lipinski definition) is 6. The number of amides is 2. The molecular weight excluding hydrogens is 483 g/mol. The standard InChI is InChI=1S/C21H21N5O3.C2HF3O2/c1-26(2)21(28)16-10-13(18-11-22-25-24-18)7-8-17(16)23-20(27)15-9-14-5-3-4-6-19(14)29-12-15;3-2(4,5)1(6)7/h3-8,10-11,15H,9,12H2,1-2H3,(H,23,27)(H,22,24,25);(H,6,7). The number of rotatable bonds is 4. The summed E-state index contributed by atoms with van der Waals surface area (Å²) in [4.78, 5) is 36.0. The van der Waals surface area contributed by atoms with Crippen molar-refractivity contribution in [2.45, 2.75) is 12.6 Å². The molecule has 0 bridgehead atoms. The molecule has 0 aliphatic carbocycles. The van der Waals surface area contributed by atoms with Crippen molar-refractivity contribution in [3.8, 4) is 17.0 Å². The summed E-state index contributed by atoms with van der Waals surface area (Å²) in [5.41, 5.74) is 3.20. The molecule has 0 radical (unpaired) electrons. The van der Waals surface area contributed by atoms with Gasteiger partial charge in [-0.3, -0.25) is 9.59 Å². The van der Waals surface area contributed by atoms with Gasteiger partial charge < -0.3 is 20.1 Å². The number of fused-ring (bicyclic) bond motifs is 1. The lowest BCUT2D eigenvalue weighted by atomic mass is 9.95. The molecule has 2 amide bonds. The topological polar surface area (TPSA) is 138 Å². The Morgan fingerprint density at radius 2 is 1.86 bits per heavy atom. The number of halogens is 3. The normalized spacial score (nSPS) is 14.4. The first-order chi connectivity index (χ1) is 17.0. The van der Waals surface area contributed by atoms with Gasteiger partial charge in [0.25, 0.3) is 5.91 Å². The van der Waals surface area contributed by atoms with Crippen LogP contribution >= 0.6 is 0 Å². The number of carbonyl (C=O) groups excluding carboxylic acids is 2. The van der Waals surface area contributed by atoms with Crippen LogP contribution in [0.5, 0.6) is 5.75 Å². The third-order valence-corrected chi connectivity index (χ3v) is 5.12. The summed E-state index contributed by atoms with van der Waals surface area (Å²) in [7, 11) is 3.34. The predicted molar refractivity (Wildman–Crippen MR) is 121 cm³/mol. The lowest BCUT2D eigenvalue weighted by Gasteiger charge is -2.25. The van der Waals surface area contributed by atoms with Crippen LogP contribution in [0.25, 0.3) is 11.3 Å². The van der Waals surface area contributed by atoms with Gasteiger partial charge in [-0.2, -0.15) is 28.6 Å². The molecule has 1 unspecified atom stereocenters. The average Bonchev–Trinajstić information content (AvgIpc) is 3.38. The Morgan fingerprint density at radius 1 is 1.17 bits per heavy atom. The smallest absolute Gasteiger partial charge is 0.490 e. The van der Waals surface area contributed by atoms with E-state index in [1.54, 1.807) is 38.5 Å². The van der Waals surface area contributed by atoms with Crippen molar-refractivity contribution in [1.29, 1.82) is 0 Å². The molecule has 0 fully saturated rings. The number of anilines is 1. The van der Waals surface area contributed by atoms with Crippen LogP contribution in [0.3, 0.4) is 0 Å². The Bertz CT molecular complexity index is 1250. The molecule has 3 aromatic rings. The highest BCUT2D eigenvalue weighted by atomic mass is 19.4. The number of carboxylic acid groups (broad SMARTS) is 1. The van der Waals surface area contributed by atoms with E-state index < -0.39 is 12.1 Å². The van der Waals surface area contributed by atoms with E-state index in [-0.39, 0.29) is 17.7 Å². The molecule has 1 atom stereocenters. The Hall–Kier alpha value is -4.42. The summed E-state index contributed by atoms with van der Waals surface area (Å²) >= 11 is 0. The molecule has 2 heterocycles. The maximum Gasteiger partial charge on any atom is 0.490 e. The maximum absolute atomic E-state index is 12.9. The van der Waals surface area contributed by atoms with Crippen molar-refractivity contribution in [2.75, 3.05) is 26.0 Å². The number of nitrogens with zero attached hydrogens (tertiary/aromatic N) is 3. The largest absolute Gasteiger partial charge is 0.492 e. The Morgan fingerprint density at radius 3 is 2.47 bits per heavy atom. The minimum Gasteiger partial charge on any atom is -0.492 e. The number of hydrogen-bond donors (Lipinski definition) is 3. The predicted octanol–water partition coefficient (Wildman–Crippen LogP) is 3.00. The molecule has 13 heteroatoms. The van der Waals surface area contributed by atoms with E-state index in [2.05, 4.69) is 20.7 Å². The number of nitrogens with one attached hydrogen (secondary N) is 2. The van der Waals surface area contributed by atoms with Crippen LogP contribution in [-0.2, 0) is 16.0 Å². The van der Waals surface area contributed by atoms with Crippen molar-refractivity contribution < 1.29 is 37.4 Å². The van der Waals surface area contributed by atoms with Gasteiger partial charge in [-0.05, 0) is 30.2 Å². The summed E-state index contributed by atoms with van der Waals surface area (Å²) in [5.74, 6) is -2.66. The van der Waals surface area contributed by atoms with Crippen LogP contribution in [-0.4, -0.2) is 70.1 Å². The molecule has 4 rings (SSSR count). The Labute approximate surface area is 203 Å². The first kappa shape index (κ1) is 26.2. The zero-order valence-electron chi connectivity index (χ0n) is 19.2. The second kappa shape index (κ2) is 10.9. The third kappa shape index (κ3) is 6.37. The molecule has 2 aromatic carbocycles. The summed E-state index contributed by atoms with van der Waals surface area (Å²) < 4.78 is 37.5. The molecule has 10 nitrogen and oxygen atoms in total. The molecule has 0 saturated carbocycles. The number of ether oxygens (including phenoxy) is 1. The van der Waals surface area contributed by atoms with E-state index >= 15 is 0 Å². The summed E-state index contributed by atoms with van der Waals surface area (Å²) in [6.07, 6.45) is -2.91. The van der Waals surface area contributed by atoms with E-state index in [1.807, 2.05) is 24.3 Å². The van der Waals surface area contributed by atoms with E-state index in [1.165, 1.54) is 4.90 Å². The monoisotopic (exact) mass is 505 g/mol. The van der Waals surface area contributed by atoms with Crippen LogP contribution in [0.15, 0.2) is 48.7 Å². The number of benzene rings is 2. The van der Waals surface area contributed by atoms with Gasteiger partial charge in [-0.1, -0.05) is 24.3 Å². The molecule has 1 aliphatic heterocycles. The van der Waals surface area contributed by atoms with Crippen LogP contribution in [0, 0.1) is 5.92 Å². The zero-order valence-corrected chi connectivity index (χ0v) is 19.2. The number of aromatic amines is 1. The summed E-state index contributed by atoms with van der Waals surface area (Å²) in [6.45, 7) is 0.302. The molecule has 36 heavy (non-hydrogen) atoms. The SMILES string of the molecule is CN(C)C(=O)c1cc(-c2cn[nH]n2)ccc1NC(=O)C1COc2ccccc2C1.O=C(O)C(F)(F)F. The van der Waals surface area contributed by atoms with Gasteiger partial charge in [-0.25, -0.2) is 4.79 Å². The van der Waals surface area contributed by atoms with Gasteiger partial charge in [0.15, 0.2) is 0 Å². The van der Waals surface area contributed by atoms with Crippen molar-refractivity contribution in [1.82, 2.24) is 20.3 Å². The second-order valence-corrected chi connectivity index (χ2v) is 7.93. The highest BCUT2D eigenvalue weighted by Gasteiger charge is 2.38. The Kier molecular flexibility index (Phi) is 7.92. The molecular formula is C23H22F3N5O5. The second-order valence-electron chi connectivity index (χ2n) is 7.93. The zero-order chi connectivity index (χ0) is 26.5. The van der Waals surface area contributed by atoms with Crippen molar-refractivity contribution in [3.05, 3.63) is 59.8 Å². The number of carbonyl (C=O) groups is 3. The highest BCUT2D eigenvalue weighted by molar-refractivity contribution is 6.05. The van der Waals surface area contributed by atoms with Crippen LogP contribution in [0.2, 0.25) is 0 Å². The summed E-state index contributed by atoms with van der Waals surface area (Å²) in [6, 6.07) is 12.9. The van der Waals surface area contributed by atoms with Gasteiger partial charge in [0.2, 0.25) is 5.91 Å². The fourth-order valence-electron chi connectivity index (χ4n) is 3.30. The van der Waals surface area contributed by atoms with Crippen LogP contribution in [0.4, 0.5) is 18.9 Å². The van der Waals surface area contributed by atoms with Crippen molar-refractivity contribution in [2.24, 2.45) is 5.92 Å². The van der Waals surface area contributed by atoms with Gasteiger partial charge in [0, 0.05) is 19.7 Å². The molecule has 1 aromatic heterocycles. The Balaban J connectivity index is 0.000000454. The van der Waals surface area contributed by atoms with E-state index in [0.29, 0.717) is 30.0 Å². The number of aliphatic carboxylic acids is 1. The van der Waals surface area contributed by atoms with Crippen molar-refractivity contribution >= 4 is 23.5 Å². The molecule has 0 spiro atoms. The number of aromatic nitrogens is 3. The van der Waals surface area contributed by atoms with Crippen LogP contribution in [0.1, 0.15) is 15.9 Å². The minimum atomic E-state index is -5.08. The number of H-pyrrole nitrogens is 1. The minimum absolute atomic E-state index is 0.179. The highest BCUT2D eigenvalue weighted by Crippen LogP contribution is 2.29. The van der Waals surface area contributed by atoms with E-state index in [4.69, 9.17) is 14.6 Å². The van der Waals surface area contributed by atoms with Gasteiger partial charge >= 0.3 is 12.1 Å². The number of alkyl halides is 3. The number of carboxylic acids is 1. The van der Waals surface area contributed by atoms with E-state index in [9.17, 15) is 22.8 Å². The first-order valence-corrected chi connectivity index (χ1v) is 10.5. The van der Waals surface area contributed by atoms with E-state index in [0.717, 1.165) is 16.9 Å².